The number of nitrogens with zero attached hydrogens (tertiary/aromatic N) is 2. The molecule has 0 atom stereocenters. The number of esters is 1. The average molecular weight is 349 g/mol. The molecule has 2 rings (SSSR count). The van der Waals surface area contributed by atoms with Crippen LogP contribution in [0.5, 0.6) is 5.75 Å². The molecule has 0 saturated heterocycles. The fraction of sp³-hybridized carbons (Fsp3) is 0. The number of benzene rings is 2. The van der Waals surface area contributed by atoms with Gasteiger partial charge in [-0.05, 0) is 29.8 Å². The summed E-state index contributed by atoms with van der Waals surface area (Å²) in [5, 5.41) is 22.1. The van der Waals surface area contributed by atoms with Crippen LogP contribution in [0.15, 0.2) is 48.5 Å². The topological polar surface area (TPSA) is 113 Å². The summed E-state index contributed by atoms with van der Waals surface area (Å²) >= 11 is 5.74. The molecule has 0 bridgehead atoms. The molecule has 0 aromatic heterocycles. The highest BCUT2D eigenvalue weighted by Gasteiger charge is 2.21. The highest BCUT2D eigenvalue weighted by atomic mass is 35.5. The van der Waals surface area contributed by atoms with E-state index in [-0.39, 0.29) is 5.75 Å². The number of non-ortho nitro benzene ring substituents is 1. The molecule has 8 nitrogen and oxygen atoms in total. The molecule has 0 unspecified atom stereocenters. The van der Waals surface area contributed by atoms with E-state index in [0.29, 0.717) is 10.6 Å². The van der Waals surface area contributed by atoms with Crippen molar-refractivity contribution in [2.75, 3.05) is 0 Å². The lowest BCUT2D eigenvalue weighted by Crippen LogP contribution is -2.06. The van der Waals surface area contributed by atoms with Crippen LogP contribution in [0.3, 0.4) is 0 Å². The molecule has 0 radical (unpaired) electrons. The number of halogens is 1. The Bertz CT molecular complexity index is 832. The van der Waals surface area contributed by atoms with E-state index in [1.54, 1.807) is 24.3 Å². The van der Waals surface area contributed by atoms with E-state index >= 15 is 0 Å². The van der Waals surface area contributed by atoms with Gasteiger partial charge in [0.05, 0.1) is 15.9 Å². The van der Waals surface area contributed by atoms with Crippen LogP contribution in [-0.2, 0) is 4.79 Å². The highest BCUT2D eigenvalue weighted by molar-refractivity contribution is 6.30. The van der Waals surface area contributed by atoms with Crippen LogP contribution in [0.2, 0.25) is 5.02 Å². The molecule has 0 N–H and O–H groups in total. The molecule has 0 saturated carbocycles. The summed E-state index contributed by atoms with van der Waals surface area (Å²) < 4.78 is 4.87. The largest absolute Gasteiger partial charge is 0.416 e. The molecule has 9 heteroatoms. The molecule has 0 heterocycles. The van der Waals surface area contributed by atoms with E-state index in [1.807, 2.05) is 0 Å². The van der Waals surface area contributed by atoms with Crippen molar-refractivity contribution in [3.8, 4) is 5.75 Å². The van der Waals surface area contributed by atoms with Crippen molar-refractivity contribution in [3.05, 3.63) is 79.4 Å². The summed E-state index contributed by atoms with van der Waals surface area (Å²) in [5.74, 6) is -1.24. The Kier molecular flexibility index (Phi) is 5.23. The van der Waals surface area contributed by atoms with Gasteiger partial charge in [0.2, 0.25) is 5.75 Å². The lowest BCUT2D eigenvalue weighted by Gasteiger charge is -2.02. The summed E-state index contributed by atoms with van der Waals surface area (Å²) in [6, 6.07) is 9.34. The number of hydrogen-bond acceptors (Lipinski definition) is 6. The molecule has 0 amide bonds. The molecular weight excluding hydrogens is 340 g/mol. The Morgan fingerprint density at radius 2 is 1.71 bits per heavy atom. The Hall–Kier alpha value is -3.26. The molecule has 0 aliphatic carbocycles. The van der Waals surface area contributed by atoms with Crippen LogP contribution < -0.4 is 4.74 Å². The molecule has 0 spiro atoms. The number of carbonyl (C=O) groups is 1. The summed E-state index contributed by atoms with van der Waals surface area (Å²) in [4.78, 5) is 31.7. The molecule has 122 valence electrons. The number of carbonyl (C=O) groups excluding carboxylic acids is 1. The number of rotatable bonds is 5. The van der Waals surface area contributed by atoms with Crippen molar-refractivity contribution in [2.45, 2.75) is 0 Å². The van der Waals surface area contributed by atoms with E-state index in [1.165, 1.54) is 6.08 Å². The zero-order valence-corrected chi connectivity index (χ0v) is 12.7. The van der Waals surface area contributed by atoms with Gasteiger partial charge < -0.3 is 4.74 Å². The quantitative estimate of drug-likeness (QED) is 0.267. The second-order valence-electron chi connectivity index (χ2n) is 4.47. The Labute approximate surface area is 140 Å². The fourth-order valence-corrected chi connectivity index (χ4v) is 1.85. The Balaban J connectivity index is 2.17. The fourth-order valence-electron chi connectivity index (χ4n) is 1.73. The molecule has 24 heavy (non-hydrogen) atoms. The van der Waals surface area contributed by atoms with Crippen LogP contribution in [0.4, 0.5) is 11.4 Å². The molecule has 2 aromatic rings. The third-order valence-corrected chi connectivity index (χ3v) is 3.09. The second kappa shape index (κ2) is 7.34. The van der Waals surface area contributed by atoms with Gasteiger partial charge in [-0.25, -0.2) is 4.79 Å². The number of ether oxygens (including phenoxy) is 1. The predicted octanol–water partition coefficient (Wildman–Crippen LogP) is 3.78. The molecule has 0 aliphatic heterocycles. The maximum atomic E-state index is 11.8. The van der Waals surface area contributed by atoms with Gasteiger partial charge in [0.1, 0.15) is 0 Å². The highest BCUT2D eigenvalue weighted by Crippen LogP contribution is 2.31. The minimum atomic E-state index is -0.863. The van der Waals surface area contributed by atoms with Crippen molar-refractivity contribution in [2.24, 2.45) is 0 Å². The van der Waals surface area contributed by atoms with Gasteiger partial charge in [-0.1, -0.05) is 23.7 Å². The Morgan fingerprint density at radius 1 is 1.04 bits per heavy atom. The van der Waals surface area contributed by atoms with Crippen molar-refractivity contribution in [1.29, 1.82) is 0 Å². The van der Waals surface area contributed by atoms with Crippen LogP contribution >= 0.6 is 11.6 Å². The SMILES string of the molecule is O=C(/C=C/c1ccc(Cl)cc1)Oc1ccc([N+](=O)[O-])cc1[N+](=O)[O-]. The van der Waals surface area contributed by atoms with Crippen molar-refractivity contribution in [3.63, 3.8) is 0 Å². The summed E-state index contributed by atoms with van der Waals surface area (Å²) in [6.07, 6.45) is 2.52. The minimum absolute atomic E-state index is 0.378. The summed E-state index contributed by atoms with van der Waals surface area (Å²) in [5.41, 5.74) is -0.467. The van der Waals surface area contributed by atoms with Crippen molar-refractivity contribution < 1.29 is 19.4 Å². The maximum Gasteiger partial charge on any atom is 0.336 e. The lowest BCUT2D eigenvalue weighted by atomic mass is 10.2. The van der Waals surface area contributed by atoms with Crippen molar-refractivity contribution >= 4 is 35.0 Å². The van der Waals surface area contributed by atoms with Gasteiger partial charge in [0.15, 0.2) is 0 Å². The van der Waals surface area contributed by atoms with E-state index in [4.69, 9.17) is 16.3 Å². The van der Waals surface area contributed by atoms with E-state index in [0.717, 1.165) is 24.3 Å². The van der Waals surface area contributed by atoms with Gasteiger partial charge in [-0.2, -0.15) is 0 Å². The number of nitro groups is 2. The molecule has 2 aromatic carbocycles. The smallest absolute Gasteiger partial charge is 0.336 e. The van der Waals surface area contributed by atoms with Crippen LogP contribution in [0.25, 0.3) is 6.08 Å². The van der Waals surface area contributed by atoms with Crippen LogP contribution in [-0.4, -0.2) is 15.8 Å². The lowest BCUT2D eigenvalue weighted by molar-refractivity contribution is -0.394. The first-order chi connectivity index (χ1) is 11.4. The average Bonchev–Trinajstić information content (AvgIpc) is 2.54. The van der Waals surface area contributed by atoms with Gasteiger partial charge in [0, 0.05) is 17.2 Å². The van der Waals surface area contributed by atoms with Crippen LogP contribution in [0, 0.1) is 20.2 Å². The minimum Gasteiger partial charge on any atom is -0.416 e. The van der Waals surface area contributed by atoms with E-state index in [9.17, 15) is 25.0 Å². The number of nitro benzene ring substituents is 2. The predicted molar refractivity (Wildman–Crippen MR) is 85.9 cm³/mol. The molecule has 0 fully saturated rings. The first-order valence-electron chi connectivity index (χ1n) is 6.45. The van der Waals surface area contributed by atoms with Gasteiger partial charge in [-0.15, -0.1) is 0 Å². The third-order valence-electron chi connectivity index (χ3n) is 2.84. The van der Waals surface area contributed by atoms with E-state index < -0.39 is 27.2 Å². The zero-order valence-electron chi connectivity index (χ0n) is 11.9. The summed E-state index contributed by atoms with van der Waals surface area (Å²) in [6.45, 7) is 0. The van der Waals surface area contributed by atoms with Crippen molar-refractivity contribution in [1.82, 2.24) is 0 Å². The second-order valence-corrected chi connectivity index (χ2v) is 4.91. The first-order valence-corrected chi connectivity index (χ1v) is 6.83. The van der Waals surface area contributed by atoms with Gasteiger partial charge in [0.25, 0.3) is 5.69 Å². The normalized spacial score (nSPS) is 10.5. The molecular formula is C15H9ClN2O6. The number of hydrogen-bond donors (Lipinski definition) is 0. The first kappa shape index (κ1) is 17.1. The van der Waals surface area contributed by atoms with Gasteiger partial charge in [-0.3, -0.25) is 20.2 Å². The molecule has 0 aliphatic rings. The standard InChI is InChI=1S/C15H9ClN2O6/c16-11-4-1-10(2-5-11)3-8-15(19)24-14-7-6-12(17(20)21)9-13(14)18(22)23/h1-9H/b8-3+. The van der Waals surface area contributed by atoms with Crippen LogP contribution in [0.1, 0.15) is 5.56 Å². The van der Waals surface area contributed by atoms with Gasteiger partial charge >= 0.3 is 11.7 Å². The zero-order chi connectivity index (χ0) is 17.7. The van der Waals surface area contributed by atoms with E-state index in [2.05, 4.69) is 0 Å². The maximum absolute atomic E-state index is 11.8. The third kappa shape index (κ3) is 4.37. The summed E-state index contributed by atoms with van der Waals surface area (Å²) in [7, 11) is 0. The Morgan fingerprint density at radius 3 is 2.29 bits per heavy atom. The monoisotopic (exact) mass is 348 g/mol.